The lowest BCUT2D eigenvalue weighted by molar-refractivity contribution is -0.0859. The summed E-state index contributed by atoms with van der Waals surface area (Å²) in [6.45, 7) is 11.4. The zero-order valence-electron chi connectivity index (χ0n) is 10.9. The standard InChI is InChI=1S/C13H26N2O/c1-10-8-15(9-11(2)16-10)12(3)13-4-6-14-7-5-13/h10-14H,4-9H2,1-3H3/t10-,11+,12?. The van der Waals surface area contributed by atoms with Gasteiger partial charge in [0, 0.05) is 19.1 Å². The van der Waals surface area contributed by atoms with Crippen LogP contribution in [0, 0.1) is 5.92 Å². The van der Waals surface area contributed by atoms with Crippen molar-refractivity contribution in [3.05, 3.63) is 0 Å². The Morgan fingerprint density at radius 1 is 1.12 bits per heavy atom. The second kappa shape index (κ2) is 5.48. The zero-order valence-corrected chi connectivity index (χ0v) is 10.9. The highest BCUT2D eigenvalue weighted by Crippen LogP contribution is 2.23. The van der Waals surface area contributed by atoms with Crippen LogP contribution in [0.25, 0.3) is 0 Å². The lowest BCUT2D eigenvalue weighted by atomic mass is 9.89. The average molecular weight is 226 g/mol. The number of piperidine rings is 1. The van der Waals surface area contributed by atoms with Crippen molar-refractivity contribution >= 4 is 0 Å². The zero-order chi connectivity index (χ0) is 11.5. The molecule has 0 aromatic rings. The topological polar surface area (TPSA) is 24.5 Å². The van der Waals surface area contributed by atoms with Gasteiger partial charge in [0.1, 0.15) is 0 Å². The van der Waals surface area contributed by atoms with E-state index < -0.39 is 0 Å². The van der Waals surface area contributed by atoms with Gasteiger partial charge in [0.15, 0.2) is 0 Å². The van der Waals surface area contributed by atoms with Crippen LogP contribution in [-0.2, 0) is 4.74 Å². The van der Waals surface area contributed by atoms with E-state index in [2.05, 4.69) is 31.0 Å². The highest BCUT2D eigenvalue weighted by molar-refractivity contribution is 4.84. The van der Waals surface area contributed by atoms with Crippen molar-refractivity contribution < 1.29 is 4.74 Å². The number of ether oxygens (including phenoxy) is 1. The summed E-state index contributed by atoms with van der Waals surface area (Å²) >= 11 is 0. The van der Waals surface area contributed by atoms with E-state index in [4.69, 9.17) is 4.74 Å². The van der Waals surface area contributed by atoms with Crippen LogP contribution in [0.1, 0.15) is 33.6 Å². The number of nitrogens with zero attached hydrogens (tertiary/aromatic N) is 1. The smallest absolute Gasteiger partial charge is 0.0678 e. The van der Waals surface area contributed by atoms with Crippen LogP contribution >= 0.6 is 0 Å². The van der Waals surface area contributed by atoms with E-state index in [9.17, 15) is 0 Å². The first-order chi connectivity index (χ1) is 7.66. The average Bonchev–Trinajstić information content (AvgIpc) is 2.28. The maximum absolute atomic E-state index is 5.80. The quantitative estimate of drug-likeness (QED) is 0.772. The van der Waals surface area contributed by atoms with Crippen molar-refractivity contribution in [3.63, 3.8) is 0 Å². The maximum atomic E-state index is 5.80. The molecule has 2 aliphatic heterocycles. The molecule has 2 heterocycles. The van der Waals surface area contributed by atoms with Crippen molar-refractivity contribution in [2.75, 3.05) is 26.2 Å². The first-order valence-electron chi connectivity index (χ1n) is 6.77. The summed E-state index contributed by atoms with van der Waals surface area (Å²) in [6, 6.07) is 0.718. The minimum atomic E-state index is 0.396. The van der Waals surface area contributed by atoms with Crippen LogP contribution in [0.3, 0.4) is 0 Å². The monoisotopic (exact) mass is 226 g/mol. The number of nitrogens with one attached hydrogen (secondary N) is 1. The van der Waals surface area contributed by atoms with Crippen LogP contribution in [0.4, 0.5) is 0 Å². The van der Waals surface area contributed by atoms with Gasteiger partial charge in [-0.2, -0.15) is 0 Å². The van der Waals surface area contributed by atoms with E-state index in [0.717, 1.165) is 25.0 Å². The minimum absolute atomic E-state index is 0.396. The minimum Gasteiger partial charge on any atom is -0.373 e. The molecule has 1 N–H and O–H groups in total. The lowest BCUT2D eigenvalue weighted by Crippen LogP contribution is -2.52. The van der Waals surface area contributed by atoms with Gasteiger partial charge in [0.05, 0.1) is 12.2 Å². The van der Waals surface area contributed by atoms with E-state index in [1.165, 1.54) is 25.9 Å². The van der Waals surface area contributed by atoms with Crippen molar-refractivity contribution in [1.82, 2.24) is 10.2 Å². The molecule has 0 saturated carbocycles. The summed E-state index contributed by atoms with van der Waals surface area (Å²) in [5, 5.41) is 3.45. The molecule has 3 heteroatoms. The Labute approximate surface area is 99.5 Å². The summed E-state index contributed by atoms with van der Waals surface area (Å²) in [6.07, 6.45) is 3.46. The second-order valence-electron chi connectivity index (χ2n) is 5.54. The molecule has 2 aliphatic rings. The molecule has 2 saturated heterocycles. The molecule has 0 aromatic carbocycles. The Bertz CT molecular complexity index is 206. The normalized spacial score (nSPS) is 36.2. The molecule has 0 aromatic heterocycles. The molecule has 3 atom stereocenters. The summed E-state index contributed by atoms with van der Waals surface area (Å²) < 4.78 is 5.80. The van der Waals surface area contributed by atoms with E-state index in [1.807, 2.05) is 0 Å². The molecular formula is C13H26N2O. The number of hydrogen-bond acceptors (Lipinski definition) is 3. The predicted molar refractivity (Wildman–Crippen MR) is 66.6 cm³/mol. The van der Waals surface area contributed by atoms with Gasteiger partial charge in [-0.15, -0.1) is 0 Å². The van der Waals surface area contributed by atoms with Gasteiger partial charge in [0.25, 0.3) is 0 Å². The molecule has 2 fully saturated rings. The molecule has 0 bridgehead atoms. The first-order valence-corrected chi connectivity index (χ1v) is 6.77. The van der Waals surface area contributed by atoms with Gasteiger partial charge < -0.3 is 10.1 Å². The second-order valence-corrected chi connectivity index (χ2v) is 5.54. The summed E-state index contributed by atoms with van der Waals surface area (Å²) in [4.78, 5) is 2.63. The van der Waals surface area contributed by atoms with Gasteiger partial charge in [-0.1, -0.05) is 0 Å². The predicted octanol–water partition coefficient (Wildman–Crippen LogP) is 1.48. The SMILES string of the molecule is CC(C1CCNCC1)N1C[C@@H](C)O[C@@H](C)C1. The molecular weight excluding hydrogens is 200 g/mol. The number of hydrogen-bond donors (Lipinski definition) is 1. The molecule has 0 spiro atoms. The first kappa shape index (κ1) is 12.3. The van der Waals surface area contributed by atoms with E-state index >= 15 is 0 Å². The van der Waals surface area contributed by atoms with Crippen LogP contribution in [-0.4, -0.2) is 49.3 Å². The molecule has 0 aliphatic carbocycles. The summed E-state index contributed by atoms with van der Waals surface area (Å²) in [5.74, 6) is 0.874. The summed E-state index contributed by atoms with van der Waals surface area (Å²) in [7, 11) is 0. The fourth-order valence-electron chi connectivity index (χ4n) is 3.18. The van der Waals surface area contributed by atoms with Crippen molar-refractivity contribution in [2.45, 2.75) is 51.9 Å². The van der Waals surface area contributed by atoms with E-state index in [1.54, 1.807) is 0 Å². The summed E-state index contributed by atoms with van der Waals surface area (Å²) in [5.41, 5.74) is 0. The Morgan fingerprint density at radius 2 is 1.69 bits per heavy atom. The van der Waals surface area contributed by atoms with Gasteiger partial charge >= 0.3 is 0 Å². The Balaban J connectivity index is 1.89. The number of morpholine rings is 1. The molecule has 0 amide bonds. The number of rotatable bonds is 2. The van der Waals surface area contributed by atoms with Gasteiger partial charge in [0.2, 0.25) is 0 Å². The van der Waals surface area contributed by atoms with Gasteiger partial charge in [-0.05, 0) is 52.6 Å². The largest absolute Gasteiger partial charge is 0.373 e. The van der Waals surface area contributed by atoms with Crippen LogP contribution in [0.5, 0.6) is 0 Å². The molecule has 1 unspecified atom stereocenters. The van der Waals surface area contributed by atoms with Crippen molar-refractivity contribution in [1.29, 1.82) is 0 Å². The molecule has 94 valence electrons. The van der Waals surface area contributed by atoms with Crippen LogP contribution in [0.2, 0.25) is 0 Å². The van der Waals surface area contributed by atoms with Gasteiger partial charge in [-0.25, -0.2) is 0 Å². The Hall–Kier alpha value is -0.120. The van der Waals surface area contributed by atoms with Crippen molar-refractivity contribution in [2.24, 2.45) is 5.92 Å². The third-order valence-electron chi connectivity index (χ3n) is 4.09. The maximum Gasteiger partial charge on any atom is 0.0678 e. The molecule has 3 nitrogen and oxygen atoms in total. The lowest BCUT2D eigenvalue weighted by Gasteiger charge is -2.42. The van der Waals surface area contributed by atoms with Crippen LogP contribution < -0.4 is 5.32 Å². The van der Waals surface area contributed by atoms with Crippen LogP contribution in [0.15, 0.2) is 0 Å². The van der Waals surface area contributed by atoms with Crippen molar-refractivity contribution in [3.8, 4) is 0 Å². The van der Waals surface area contributed by atoms with E-state index in [-0.39, 0.29) is 0 Å². The molecule has 0 radical (unpaired) electrons. The fourth-order valence-corrected chi connectivity index (χ4v) is 3.18. The highest BCUT2D eigenvalue weighted by atomic mass is 16.5. The molecule has 16 heavy (non-hydrogen) atoms. The fraction of sp³-hybridized carbons (Fsp3) is 1.00. The van der Waals surface area contributed by atoms with E-state index in [0.29, 0.717) is 12.2 Å². The Morgan fingerprint density at radius 3 is 2.25 bits per heavy atom. The third kappa shape index (κ3) is 2.96. The van der Waals surface area contributed by atoms with Gasteiger partial charge in [-0.3, -0.25) is 4.90 Å². The Kier molecular flexibility index (Phi) is 4.22. The molecule has 2 rings (SSSR count). The third-order valence-corrected chi connectivity index (χ3v) is 4.09. The highest BCUT2D eigenvalue weighted by Gasteiger charge is 2.30.